The predicted molar refractivity (Wildman–Crippen MR) is 95.5 cm³/mol. The highest BCUT2D eigenvalue weighted by Crippen LogP contribution is 2.36. The van der Waals surface area contributed by atoms with Gasteiger partial charge in [-0.3, -0.25) is 0 Å². The Bertz CT molecular complexity index is 662. The van der Waals surface area contributed by atoms with Crippen LogP contribution in [-0.2, 0) is 0 Å². The predicted octanol–water partition coefficient (Wildman–Crippen LogP) is 5.64. The molecule has 0 atom stereocenters. The van der Waals surface area contributed by atoms with Gasteiger partial charge in [-0.2, -0.15) is 0 Å². The van der Waals surface area contributed by atoms with Gasteiger partial charge in [-0.05, 0) is 53.9 Å². The fourth-order valence-electron chi connectivity index (χ4n) is 1.68. The van der Waals surface area contributed by atoms with E-state index in [2.05, 4.69) is 76.9 Å². The van der Waals surface area contributed by atoms with Crippen molar-refractivity contribution in [2.75, 3.05) is 12.4 Å². The van der Waals surface area contributed by atoms with Crippen LogP contribution in [0.5, 0.6) is 5.75 Å². The third-order valence-corrected chi connectivity index (χ3v) is 4.41. The lowest BCUT2D eigenvalue weighted by Gasteiger charge is -2.13. The molecule has 1 aromatic heterocycles. The average molecular weight is 480 g/mol. The van der Waals surface area contributed by atoms with E-state index in [-0.39, 0.29) is 5.92 Å². The maximum absolute atomic E-state index is 5.31. The van der Waals surface area contributed by atoms with Gasteiger partial charge < -0.3 is 10.1 Å². The van der Waals surface area contributed by atoms with E-state index in [4.69, 9.17) is 4.74 Å². The highest BCUT2D eigenvalue weighted by Gasteiger charge is 2.11. The molecule has 1 heterocycles. The number of benzene rings is 1. The van der Waals surface area contributed by atoms with Crippen LogP contribution in [0.3, 0.4) is 0 Å². The molecular weight excluding hydrogens is 466 g/mol. The molecule has 0 spiro atoms. The van der Waals surface area contributed by atoms with Crippen LogP contribution in [0.15, 0.2) is 31.7 Å². The van der Waals surface area contributed by atoms with Gasteiger partial charge in [0.15, 0.2) is 0 Å². The van der Waals surface area contributed by atoms with Crippen molar-refractivity contribution < 1.29 is 4.74 Å². The molecular formula is C14H14Br3N3O. The highest BCUT2D eigenvalue weighted by atomic mass is 79.9. The summed E-state index contributed by atoms with van der Waals surface area (Å²) in [5.41, 5.74) is 0.871. The van der Waals surface area contributed by atoms with Gasteiger partial charge in [0.2, 0.25) is 0 Å². The van der Waals surface area contributed by atoms with E-state index in [1.165, 1.54) is 0 Å². The summed E-state index contributed by atoms with van der Waals surface area (Å²) in [6, 6.07) is 5.67. The summed E-state index contributed by atoms with van der Waals surface area (Å²) in [6.07, 6.45) is 0. The molecule has 2 rings (SSSR count). The number of hydrogen-bond acceptors (Lipinski definition) is 4. The van der Waals surface area contributed by atoms with Crippen molar-refractivity contribution >= 4 is 59.3 Å². The number of methoxy groups -OCH3 is 1. The minimum atomic E-state index is 0.256. The van der Waals surface area contributed by atoms with Gasteiger partial charge in [-0.15, -0.1) is 0 Å². The lowest BCUT2D eigenvalue weighted by molar-refractivity contribution is 0.412. The van der Waals surface area contributed by atoms with Crippen LogP contribution in [0.2, 0.25) is 0 Å². The molecule has 0 fully saturated rings. The first kappa shape index (κ1) is 16.7. The van der Waals surface area contributed by atoms with Gasteiger partial charge in [0, 0.05) is 22.5 Å². The van der Waals surface area contributed by atoms with Crippen molar-refractivity contribution in [1.82, 2.24) is 9.97 Å². The maximum atomic E-state index is 5.31. The molecule has 0 saturated heterocycles. The Morgan fingerprint density at radius 2 is 1.76 bits per heavy atom. The summed E-state index contributed by atoms with van der Waals surface area (Å²) in [4.78, 5) is 8.89. The van der Waals surface area contributed by atoms with Crippen molar-refractivity contribution in [2.45, 2.75) is 19.8 Å². The second-order valence-corrected chi connectivity index (χ2v) is 7.20. The molecule has 7 heteroatoms. The third-order valence-electron chi connectivity index (χ3n) is 2.73. The molecule has 0 radical (unpaired) electrons. The van der Waals surface area contributed by atoms with Crippen LogP contribution in [0, 0.1) is 0 Å². The van der Waals surface area contributed by atoms with Gasteiger partial charge in [0.1, 0.15) is 22.0 Å². The van der Waals surface area contributed by atoms with E-state index in [1.807, 2.05) is 18.2 Å². The molecule has 0 aliphatic carbocycles. The first-order valence-electron chi connectivity index (χ1n) is 6.25. The van der Waals surface area contributed by atoms with Crippen molar-refractivity contribution in [3.8, 4) is 5.75 Å². The van der Waals surface area contributed by atoms with E-state index in [0.29, 0.717) is 0 Å². The van der Waals surface area contributed by atoms with Crippen molar-refractivity contribution in [1.29, 1.82) is 0 Å². The van der Waals surface area contributed by atoms with Crippen LogP contribution < -0.4 is 10.1 Å². The molecule has 0 aliphatic rings. The number of aromatic nitrogens is 2. The van der Waals surface area contributed by atoms with E-state index < -0.39 is 0 Å². The Kier molecular flexibility index (Phi) is 5.62. The molecule has 0 aliphatic heterocycles. The Balaban J connectivity index is 2.38. The number of ether oxygens (including phenoxy) is 1. The Morgan fingerprint density at radius 1 is 1.05 bits per heavy atom. The van der Waals surface area contributed by atoms with Crippen LogP contribution >= 0.6 is 47.8 Å². The van der Waals surface area contributed by atoms with E-state index in [9.17, 15) is 0 Å². The summed E-state index contributed by atoms with van der Waals surface area (Å²) >= 11 is 10.4. The van der Waals surface area contributed by atoms with E-state index in [1.54, 1.807) is 7.11 Å². The molecule has 0 unspecified atom stereocenters. The summed E-state index contributed by atoms with van der Waals surface area (Å²) in [5, 5.41) is 3.28. The molecule has 112 valence electrons. The smallest absolute Gasteiger partial charge is 0.135 e. The summed E-state index contributed by atoms with van der Waals surface area (Å²) in [7, 11) is 1.63. The van der Waals surface area contributed by atoms with Crippen LogP contribution in [0.1, 0.15) is 25.6 Å². The number of anilines is 2. The molecule has 2 aromatic rings. The number of nitrogens with zero attached hydrogens (tertiary/aromatic N) is 2. The van der Waals surface area contributed by atoms with Gasteiger partial charge in [-0.25, -0.2) is 9.97 Å². The minimum absolute atomic E-state index is 0.256. The fraction of sp³-hybridized carbons (Fsp3) is 0.286. The molecule has 0 bridgehead atoms. The normalized spacial score (nSPS) is 10.8. The third kappa shape index (κ3) is 4.17. The monoisotopic (exact) mass is 477 g/mol. The molecule has 21 heavy (non-hydrogen) atoms. The topological polar surface area (TPSA) is 47.0 Å². The average Bonchev–Trinajstić information content (AvgIpc) is 2.41. The van der Waals surface area contributed by atoms with Crippen LogP contribution in [0.4, 0.5) is 11.5 Å². The molecule has 4 nitrogen and oxygen atoms in total. The number of rotatable bonds is 4. The van der Waals surface area contributed by atoms with Crippen molar-refractivity contribution in [3.05, 3.63) is 37.6 Å². The summed E-state index contributed by atoms with van der Waals surface area (Å²) < 4.78 is 7.86. The van der Waals surface area contributed by atoms with Crippen molar-refractivity contribution in [2.24, 2.45) is 0 Å². The second kappa shape index (κ2) is 7.07. The standard InChI is InChI=1S/C14H14Br3N3O/c1-7(2)14-19-12(17)6-13(20-14)18-10-5-11(21-3)9(16)4-8(10)15/h4-7H,1-3H3,(H,18,19,20). The minimum Gasteiger partial charge on any atom is -0.495 e. The largest absolute Gasteiger partial charge is 0.495 e. The zero-order valence-electron chi connectivity index (χ0n) is 11.7. The molecule has 1 aromatic carbocycles. The first-order chi connectivity index (χ1) is 9.90. The molecule has 0 saturated carbocycles. The number of hydrogen-bond donors (Lipinski definition) is 1. The van der Waals surface area contributed by atoms with Gasteiger partial charge in [0.25, 0.3) is 0 Å². The lowest BCUT2D eigenvalue weighted by atomic mass is 10.2. The highest BCUT2D eigenvalue weighted by molar-refractivity contribution is 9.11. The SMILES string of the molecule is COc1cc(Nc2cc(Br)nc(C(C)C)n2)c(Br)cc1Br. The van der Waals surface area contributed by atoms with Crippen LogP contribution in [-0.4, -0.2) is 17.1 Å². The summed E-state index contributed by atoms with van der Waals surface area (Å²) in [5.74, 6) is 2.52. The molecule has 0 amide bonds. The maximum Gasteiger partial charge on any atom is 0.135 e. The van der Waals surface area contributed by atoms with Gasteiger partial charge in [-0.1, -0.05) is 13.8 Å². The first-order valence-corrected chi connectivity index (χ1v) is 8.63. The van der Waals surface area contributed by atoms with Gasteiger partial charge in [0.05, 0.1) is 17.3 Å². The number of nitrogens with one attached hydrogen (secondary N) is 1. The van der Waals surface area contributed by atoms with E-state index in [0.717, 1.165) is 36.6 Å². The Hall–Kier alpha value is -0.660. The van der Waals surface area contributed by atoms with E-state index >= 15 is 0 Å². The summed E-state index contributed by atoms with van der Waals surface area (Å²) in [6.45, 7) is 4.12. The lowest BCUT2D eigenvalue weighted by Crippen LogP contribution is -2.02. The van der Waals surface area contributed by atoms with Gasteiger partial charge >= 0.3 is 0 Å². The zero-order valence-corrected chi connectivity index (χ0v) is 16.5. The number of halogens is 3. The Labute approximate surface area is 149 Å². The second-order valence-electron chi connectivity index (χ2n) is 4.68. The molecule has 1 N–H and O–H groups in total. The van der Waals surface area contributed by atoms with Crippen molar-refractivity contribution in [3.63, 3.8) is 0 Å². The zero-order chi connectivity index (χ0) is 15.6. The van der Waals surface area contributed by atoms with Crippen LogP contribution in [0.25, 0.3) is 0 Å². The quantitative estimate of drug-likeness (QED) is 0.576. The fourth-order valence-corrected chi connectivity index (χ4v) is 3.33. The Morgan fingerprint density at radius 3 is 2.38 bits per heavy atom.